The highest BCUT2D eigenvalue weighted by Crippen LogP contribution is 2.24. The van der Waals surface area contributed by atoms with E-state index in [2.05, 4.69) is 15.4 Å². The first-order chi connectivity index (χ1) is 14.0. The Balaban J connectivity index is 1.48. The van der Waals surface area contributed by atoms with Crippen LogP contribution in [0.5, 0.6) is 0 Å². The fourth-order valence-electron chi connectivity index (χ4n) is 3.09. The summed E-state index contributed by atoms with van der Waals surface area (Å²) in [6.45, 7) is 6.43. The number of aryl methyl sites for hydroxylation is 3. The van der Waals surface area contributed by atoms with Crippen molar-refractivity contribution in [2.24, 2.45) is 0 Å². The van der Waals surface area contributed by atoms with Gasteiger partial charge in [0.15, 0.2) is 0 Å². The van der Waals surface area contributed by atoms with Crippen molar-refractivity contribution in [3.05, 3.63) is 89.1 Å². The molecular formula is C23H22N4O2. The quantitative estimate of drug-likeness (QED) is 0.536. The van der Waals surface area contributed by atoms with Gasteiger partial charge < -0.3 is 9.73 Å². The van der Waals surface area contributed by atoms with Crippen LogP contribution in [0, 0.1) is 20.8 Å². The Kier molecular flexibility index (Phi) is 4.99. The fourth-order valence-corrected chi connectivity index (χ4v) is 3.09. The summed E-state index contributed by atoms with van der Waals surface area (Å²) in [4.78, 5) is 17.0. The van der Waals surface area contributed by atoms with E-state index in [0.717, 1.165) is 33.8 Å². The molecule has 1 amide bonds. The van der Waals surface area contributed by atoms with Crippen LogP contribution in [-0.4, -0.2) is 20.7 Å². The van der Waals surface area contributed by atoms with Crippen LogP contribution in [-0.2, 0) is 6.54 Å². The number of carbonyl (C=O) groups is 1. The summed E-state index contributed by atoms with van der Waals surface area (Å²) in [5.41, 5.74) is 5.21. The number of anilines is 1. The average Bonchev–Trinajstić information content (AvgIpc) is 3.28. The highest BCUT2D eigenvalue weighted by Gasteiger charge is 2.13. The molecule has 29 heavy (non-hydrogen) atoms. The second-order valence-electron chi connectivity index (χ2n) is 7.14. The molecule has 4 rings (SSSR count). The minimum atomic E-state index is -0.134. The first-order valence-electron chi connectivity index (χ1n) is 9.42. The van der Waals surface area contributed by atoms with Crippen LogP contribution in [0.3, 0.4) is 0 Å². The van der Waals surface area contributed by atoms with Gasteiger partial charge in [-0.25, -0.2) is 4.98 Å². The van der Waals surface area contributed by atoms with Gasteiger partial charge in [0.05, 0.1) is 12.7 Å². The van der Waals surface area contributed by atoms with E-state index in [0.29, 0.717) is 18.0 Å². The highest BCUT2D eigenvalue weighted by molar-refractivity contribution is 6.04. The molecule has 0 radical (unpaired) electrons. The zero-order valence-corrected chi connectivity index (χ0v) is 16.6. The summed E-state index contributed by atoms with van der Waals surface area (Å²) in [6, 6.07) is 15.0. The Morgan fingerprint density at radius 3 is 2.55 bits per heavy atom. The lowest BCUT2D eigenvalue weighted by Crippen LogP contribution is -2.11. The third-order valence-electron chi connectivity index (χ3n) is 4.64. The Morgan fingerprint density at radius 1 is 1.07 bits per heavy atom. The molecule has 0 fully saturated rings. The van der Waals surface area contributed by atoms with Crippen LogP contribution in [0.25, 0.3) is 11.5 Å². The van der Waals surface area contributed by atoms with Crippen LogP contribution in [0.1, 0.15) is 32.9 Å². The third kappa shape index (κ3) is 4.27. The molecule has 2 aromatic heterocycles. The maximum Gasteiger partial charge on any atom is 0.255 e. The van der Waals surface area contributed by atoms with E-state index in [1.54, 1.807) is 6.07 Å². The average molecular weight is 386 g/mol. The van der Waals surface area contributed by atoms with Gasteiger partial charge in [-0.1, -0.05) is 17.7 Å². The Morgan fingerprint density at radius 2 is 1.86 bits per heavy atom. The molecule has 1 N–H and O–H groups in total. The maximum absolute atomic E-state index is 12.4. The number of nitrogens with one attached hydrogen (secondary N) is 1. The molecule has 0 bridgehead atoms. The van der Waals surface area contributed by atoms with Gasteiger partial charge in [0, 0.05) is 23.0 Å². The number of aromatic nitrogens is 3. The standard InChI is InChI=1S/C23H22N4O2/c1-15-5-4-6-19(11-15)22(28)25-20-9-7-18(8-10-20)23-26-21(17(3)29-23)14-27-13-16(2)12-24-27/h4-13H,14H2,1-3H3,(H,25,28). The highest BCUT2D eigenvalue weighted by atomic mass is 16.4. The molecule has 0 unspecified atom stereocenters. The topological polar surface area (TPSA) is 73.0 Å². The van der Waals surface area contributed by atoms with E-state index in [9.17, 15) is 4.79 Å². The molecule has 0 aliphatic rings. The molecule has 6 heteroatoms. The SMILES string of the molecule is Cc1cccc(C(=O)Nc2ccc(-c3nc(Cn4cc(C)cn4)c(C)o3)cc2)c1. The van der Waals surface area contributed by atoms with Gasteiger partial charge in [-0.05, 0) is 62.7 Å². The summed E-state index contributed by atoms with van der Waals surface area (Å²) in [5.74, 6) is 1.19. The molecule has 0 spiro atoms. The van der Waals surface area contributed by atoms with Gasteiger partial charge in [-0.15, -0.1) is 0 Å². The number of amides is 1. The minimum Gasteiger partial charge on any atom is -0.441 e. The monoisotopic (exact) mass is 386 g/mol. The van der Waals surface area contributed by atoms with Crippen LogP contribution in [0.2, 0.25) is 0 Å². The maximum atomic E-state index is 12.4. The second kappa shape index (κ2) is 7.75. The number of hydrogen-bond acceptors (Lipinski definition) is 4. The van der Waals surface area contributed by atoms with Crippen molar-refractivity contribution in [3.63, 3.8) is 0 Å². The van der Waals surface area contributed by atoms with Gasteiger partial charge in [0.25, 0.3) is 5.91 Å². The lowest BCUT2D eigenvalue weighted by Gasteiger charge is -2.06. The van der Waals surface area contributed by atoms with E-state index in [1.165, 1.54) is 0 Å². The van der Waals surface area contributed by atoms with Crippen molar-refractivity contribution in [2.75, 3.05) is 5.32 Å². The Labute approximate surface area is 169 Å². The van der Waals surface area contributed by atoms with Crippen LogP contribution in [0.15, 0.2) is 65.3 Å². The summed E-state index contributed by atoms with van der Waals surface area (Å²) in [5, 5.41) is 7.21. The van der Waals surface area contributed by atoms with Gasteiger partial charge in [-0.2, -0.15) is 5.10 Å². The third-order valence-corrected chi connectivity index (χ3v) is 4.64. The van der Waals surface area contributed by atoms with Crippen LogP contribution >= 0.6 is 0 Å². The summed E-state index contributed by atoms with van der Waals surface area (Å²) >= 11 is 0. The molecule has 0 aliphatic carbocycles. The van der Waals surface area contributed by atoms with E-state index in [1.807, 2.05) is 80.3 Å². The molecule has 0 saturated carbocycles. The molecule has 0 saturated heterocycles. The summed E-state index contributed by atoms with van der Waals surface area (Å²) in [6.07, 6.45) is 3.79. The van der Waals surface area contributed by atoms with Crippen molar-refractivity contribution in [3.8, 4) is 11.5 Å². The first kappa shape index (κ1) is 18.7. The normalized spacial score (nSPS) is 10.9. The predicted octanol–water partition coefficient (Wildman–Crippen LogP) is 4.76. The Hall–Kier alpha value is -3.67. The number of benzene rings is 2. The second-order valence-corrected chi connectivity index (χ2v) is 7.14. The van der Waals surface area contributed by atoms with Crippen molar-refractivity contribution < 1.29 is 9.21 Å². The van der Waals surface area contributed by atoms with E-state index in [-0.39, 0.29) is 5.91 Å². The zero-order valence-electron chi connectivity index (χ0n) is 16.6. The van der Waals surface area contributed by atoms with Crippen molar-refractivity contribution in [1.29, 1.82) is 0 Å². The number of carbonyl (C=O) groups excluding carboxylic acids is 1. The zero-order chi connectivity index (χ0) is 20.4. The van der Waals surface area contributed by atoms with Crippen LogP contribution in [0.4, 0.5) is 5.69 Å². The van der Waals surface area contributed by atoms with Crippen LogP contribution < -0.4 is 5.32 Å². The van der Waals surface area contributed by atoms with Crippen molar-refractivity contribution in [1.82, 2.24) is 14.8 Å². The molecule has 2 heterocycles. The van der Waals surface area contributed by atoms with Crippen molar-refractivity contribution >= 4 is 11.6 Å². The molecule has 6 nitrogen and oxygen atoms in total. The smallest absolute Gasteiger partial charge is 0.255 e. The number of hydrogen-bond donors (Lipinski definition) is 1. The first-order valence-corrected chi connectivity index (χ1v) is 9.42. The number of nitrogens with zero attached hydrogens (tertiary/aromatic N) is 3. The fraction of sp³-hybridized carbons (Fsp3) is 0.174. The summed E-state index contributed by atoms with van der Waals surface area (Å²) < 4.78 is 7.68. The molecule has 4 aromatic rings. The summed E-state index contributed by atoms with van der Waals surface area (Å²) in [7, 11) is 0. The number of oxazole rings is 1. The van der Waals surface area contributed by atoms with E-state index < -0.39 is 0 Å². The number of rotatable bonds is 5. The van der Waals surface area contributed by atoms with Crippen molar-refractivity contribution in [2.45, 2.75) is 27.3 Å². The van der Waals surface area contributed by atoms with Gasteiger partial charge >= 0.3 is 0 Å². The largest absolute Gasteiger partial charge is 0.441 e. The lowest BCUT2D eigenvalue weighted by atomic mass is 10.1. The Bertz CT molecular complexity index is 1160. The van der Waals surface area contributed by atoms with E-state index in [4.69, 9.17) is 4.42 Å². The van der Waals surface area contributed by atoms with E-state index >= 15 is 0 Å². The molecule has 2 aromatic carbocycles. The predicted molar refractivity (Wildman–Crippen MR) is 112 cm³/mol. The molecule has 146 valence electrons. The molecule has 0 aliphatic heterocycles. The minimum absolute atomic E-state index is 0.134. The van der Waals surface area contributed by atoms with Gasteiger partial charge in [-0.3, -0.25) is 9.48 Å². The molecule has 0 atom stereocenters. The molecular weight excluding hydrogens is 364 g/mol. The lowest BCUT2D eigenvalue weighted by molar-refractivity contribution is 0.102. The van der Waals surface area contributed by atoms with Gasteiger partial charge in [0.1, 0.15) is 11.5 Å². The van der Waals surface area contributed by atoms with Gasteiger partial charge in [0.2, 0.25) is 5.89 Å².